The van der Waals surface area contributed by atoms with Crippen molar-refractivity contribution in [3.05, 3.63) is 72.0 Å². The summed E-state index contributed by atoms with van der Waals surface area (Å²) >= 11 is 0. The zero-order chi connectivity index (χ0) is 50.2. The van der Waals surface area contributed by atoms with E-state index in [1.165, 1.54) is 11.0 Å². The van der Waals surface area contributed by atoms with Crippen LogP contribution in [0.5, 0.6) is 0 Å². The van der Waals surface area contributed by atoms with Gasteiger partial charge in [0.1, 0.15) is 18.0 Å². The Kier molecular flexibility index (Phi) is 27.8. The summed E-state index contributed by atoms with van der Waals surface area (Å²) in [6, 6.07) is 0. The third kappa shape index (κ3) is 20.4. The molecule has 0 radical (unpaired) electrons. The standard InChI is InChI=1S/C53H85NO13/c1-34-17-15-19-50(58)67-53(40(7)52(65-14)36(3)22-25-45(56)38(5)47(63-12)18-16-26-54(8)33-55)37(4)21-24-42(60-9)31-46(57)35(2)20-23-43(61-10)32-48(64-13)39(6)49-29-41(30-51(59)66-49)28-44(27-34)62-11/h15-17,19-21,23-24,26,30,33,35-40,42-44,46-49,52-53,57H,18,22,25,27-29,31-32H2,1-14H3/b19-15+,23-20+,24-21+,26-16+,34-17+. The number of carbonyl (C=O) groups excluding carboxylic acids is 4. The van der Waals surface area contributed by atoms with Crippen LogP contribution >= 0.6 is 0 Å². The molecule has 15 unspecified atom stereocenters. The van der Waals surface area contributed by atoms with E-state index in [1.54, 1.807) is 68.1 Å². The SMILES string of the molecule is COC1/C=C/C(C)C(C(C)C(OC)C(C)CCC(=O)C(C)C(C/C=C/N(C)C=O)OC)OC(=O)/C=C/C=C(\C)CC(OC)CC2=CC(=O)OC(C2)C(C)C(OC)CC(OC)/C=C/C(C)C(O)C1. The number of hydrogen-bond acceptors (Lipinski definition) is 13. The molecule has 2 aliphatic rings. The first-order valence-corrected chi connectivity index (χ1v) is 23.9. The summed E-state index contributed by atoms with van der Waals surface area (Å²) in [5.41, 5.74) is 1.90. The first-order chi connectivity index (χ1) is 31.9. The fraction of sp³-hybridized carbons (Fsp3) is 0.698. The maximum absolute atomic E-state index is 13.6. The smallest absolute Gasteiger partial charge is 0.331 e. The van der Waals surface area contributed by atoms with Gasteiger partial charge >= 0.3 is 11.9 Å². The number of ketones is 1. The van der Waals surface area contributed by atoms with E-state index in [1.807, 2.05) is 84.9 Å². The van der Waals surface area contributed by atoms with Crippen molar-refractivity contribution in [1.82, 2.24) is 4.90 Å². The molecule has 1 N–H and O–H groups in total. The van der Waals surface area contributed by atoms with Crippen molar-refractivity contribution in [2.75, 3.05) is 49.7 Å². The summed E-state index contributed by atoms with van der Waals surface area (Å²) in [6.45, 7) is 13.8. The third-order valence-corrected chi connectivity index (χ3v) is 13.7. The van der Waals surface area contributed by atoms with Crippen molar-refractivity contribution >= 4 is 24.1 Å². The molecule has 0 aliphatic carbocycles. The minimum atomic E-state index is -0.754. The lowest BCUT2D eigenvalue weighted by Gasteiger charge is -2.35. The van der Waals surface area contributed by atoms with Crippen LogP contribution in [0.2, 0.25) is 0 Å². The van der Waals surface area contributed by atoms with Crippen molar-refractivity contribution in [3.8, 4) is 0 Å². The normalized spacial score (nSPS) is 32.2. The number of fused-ring (bicyclic) bond motifs is 2. The molecule has 0 aromatic carbocycles. The molecule has 0 saturated carbocycles. The first-order valence-electron chi connectivity index (χ1n) is 23.9. The van der Waals surface area contributed by atoms with Gasteiger partial charge in [-0.3, -0.25) is 9.59 Å². The molecule has 1 amide bonds. The zero-order valence-corrected chi connectivity index (χ0v) is 43.0. The second-order valence-electron chi connectivity index (χ2n) is 18.7. The highest BCUT2D eigenvalue weighted by Crippen LogP contribution is 2.33. The van der Waals surface area contributed by atoms with Gasteiger partial charge in [0, 0.05) is 123 Å². The number of aliphatic hydroxyl groups is 1. The number of allylic oxidation sites excluding steroid dienone is 2. The first kappa shape index (κ1) is 59.4. The molecule has 0 fully saturated rings. The van der Waals surface area contributed by atoms with Crippen LogP contribution in [0.3, 0.4) is 0 Å². The number of nitrogens with zero attached hydrogens (tertiary/aromatic N) is 1. The Morgan fingerprint density at radius 1 is 0.851 bits per heavy atom. The van der Waals surface area contributed by atoms with Gasteiger partial charge in [-0.15, -0.1) is 0 Å². The molecule has 0 saturated heterocycles. The van der Waals surface area contributed by atoms with Gasteiger partial charge in [0.25, 0.3) is 0 Å². The number of esters is 2. The van der Waals surface area contributed by atoms with Gasteiger partial charge in [0.15, 0.2) is 0 Å². The molecule has 2 bridgehead atoms. The summed E-state index contributed by atoms with van der Waals surface area (Å²) in [5, 5.41) is 11.4. The molecular weight excluding hydrogens is 859 g/mol. The van der Waals surface area contributed by atoms with Crippen LogP contribution in [-0.2, 0) is 57.1 Å². The van der Waals surface area contributed by atoms with E-state index in [0.29, 0.717) is 57.8 Å². The predicted molar refractivity (Wildman–Crippen MR) is 260 cm³/mol. The molecule has 14 heteroatoms. The fourth-order valence-corrected chi connectivity index (χ4v) is 9.07. The van der Waals surface area contributed by atoms with Gasteiger partial charge in [-0.25, -0.2) is 9.59 Å². The molecule has 380 valence electrons. The van der Waals surface area contributed by atoms with E-state index >= 15 is 0 Å². The van der Waals surface area contributed by atoms with Gasteiger partial charge in [-0.2, -0.15) is 0 Å². The number of carbonyl (C=O) groups is 4. The number of hydrogen-bond donors (Lipinski definition) is 1. The van der Waals surface area contributed by atoms with E-state index in [0.717, 1.165) is 11.1 Å². The Morgan fingerprint density at radius 3 is 2.10 bits per heavy atom. The van der Waals surface area contributed by atoms with Crippen molar-refractivity contribution in [2.24, 2.45) is 35.5 Å². The summed E-state index contributed by atoms with van der Waals surface area (Å²) in [4.78, 5) is 52.3. The van der Waals surface area contributed by atoms with Crippen LogP contribution in [-0.4, -0.2) is 139 Å². The van der Waals surface area contributed by atoms with Crippen molar-refractivity contribution in [2.45, 2.75) is 155 Å². The Balaban J connectivity index is 2.46. The molecule has 0 aromatic rings. The van der Waals surface area contributed by atoms with E-state index in [4.69, 9.17) is 37.9 Å². The summed E-state index contributed by atoms with van der Waals surface area (Å²) in [5.74, 6) is -2.31. The van der Waals surface area contributed by atoms with Gasteiger partial charge in [-0.1, -0.05) is 95.2 Å². The topological polar surface area (TPSA) is 166 Å². The Bertz CT molecular complexity index is 1690. The lowest BCUT2D eigenvalue weighted by molar-refractivity contribution is -0.152. The molecule has 14 nitrogen and oxygen atoms in total. The molecule has 2 rings (SSSR count). The van der Waals surface area contributed by atoms with Crippen LogP contribution in [0.4, 0.5) is 0 Å². The molecule has 0 aromatic heterocycles. The number of aliphatic hydroxyl groups excluding tert-OH is 1. The number of amides is 1. The van der Waals surface area contributed by atoms with E-state index in [2.05, 4.69) is 0 Å². The van der Waals surface area contributed by atoms with Crippen LogP contribution < -0.4 is 0 Å². The highest BCUT2D eigenvalue weighted by molar-refractivity contribution is 5.84. The average Bonchev–Trinajstić information content (AvgIpc) is 3.31. The largest absolute Gasteiger partial charge is 0.458 e. The summed E-state index contributed by atoms with van der Waals surface area (Å²) in [6.07, 6.45) is 18.4. The fourth-order valence-electron chi connectivity index (χ4n) is 9.07. The lowest BCUT2D eigenvalue weighted by Crippen LogP contribution is -2.41. The Hall–Kier alpha value is -3.76. The van der Waals surface area contributed by atoms with Gasteiger partial charge < -0.3 is 47.9 Å². The molecular formula is C53H85NO13. The van der Waals surface area contributed by atoms with Crippen LogP contribution in [0.1, 0.15) is 99.8 Å². The second kappa shape index (κ2) is 31.4. The quantitative estimate of drug-likeness (QED) is 0.0801. The second-order valence-corrected chi connectivity index (χ2v) is 18.7. The van der Waals surface area contributed by atoms with E-state index in [9.17, 15) is 24.3 Å². The van der Waals surface area contributed by atoms with Crippen LogP contribution in [0.25, 0.3) is 0 Å². The van der Waals surface area contributed by atoms with Gasteiger partial charge in [0.2, 0.25) is 6.41 Å². The maximum atomic E-state index is 13.6. The number of cyclic esters (lactones) is 1. The molecule has 0 spiro atoms. The minimum Gasteiger partial charge on any atom is -0.458 e. The lowest BCUT2D eigenvalue weighted by atomic mass is 9.81. The number of rotatable bonds is 18. The zero-order valence-electron chi connectivity index (χ0n) is 43.0. The monoisotopic (exact) mass is 944 g/mol. The van der Waals surface area contributed by atoms with Crippen LogP contribution in [0.15, 0.2) is 72.0 Å². The Morgan fingerprint density at radius 2 is 1.51 bits per heavy atom. The molecule has 67 heavy (non-hydrogen) atoms. The molecule has 2 heterocycles. The summed E-state index contributed by atoms with van der Waals surface area (Å²) < 4.78 is 47.4. The van der Waals surface area contributed by atoms with Crippen molar-refractivity contribution in [1.29, 1.82) is 0 Å². The number of Topliss-reactive ketones (excluding diaryl/α,β-unsaturated/α-hetero) is 1. The highest BCUT2D eigenvalue weighted by atomic mass is 16.6. The van der Waals surface area contributed by atoms with Gasteiger partial charge in [-0.05, 0) is 38.5 Å². The van der Waals surface area contributed by atoms with Crippen molar-refractivity contribution in [3.63, 3.8) is 0 Å². The molecule has 15 atom stereocenters. The van der Waals surface area contributed by atoms with E-state index < -0.39 is 36.4 Å². The van der Waals surface area contributed by atoms with Crippen LogP contribution in [0, 0.1) is 35.5 Å². The van der Waals surface area contributed by atoms with Crippen molar-refractivity contribution < 1.29 is 62.2 Å². The molecule has 2 aliphatic heterocycles. The van der Waals surface area contributed by atoms with E-state index in [-0.39, 0.29) is 71.8 Å². The maximum Gasteiger partial charge on any atom is 0.331 e. The highest BCUT2D eigenvalue weighted by Gasteiger charge is 2.37. The summed E-state index contributed by atoms with van der Waals surface area (Å²) in [7, 11) is 11.4. The number of methoxy groups -OCH3 is 6. The third-order valence-electron chi connectivity index (χ3n) is 13.7. The van der Waals surface area contributed by atoms with Gasteiger partial charge in [0.05, 0.1) is 42.7 Å². The minimum absolute atomic E-state index is 0.0620. The predicted octanol–water partition coefficient (Wildman–Crippen LogP) is 7.94. The average molecular weight is 944 g/mol. The number of ether oxygens (including phenoxy) is 8. The Labute approximate surface area is 402 Å².